The van der Waals surface area contributed by atoms with E-state index in [0.29, 0.717) is 43.1 Å². The largest absolute Gasteiger partial charge is 0.362 e. The second-order valence-electron chi connectivity index (χ2n) is 11.0. The van der Waals surface area contributed by atoms with Crippen LogP contribution in [0.25, 0.3) is 0 Å². The van der Waals surface area contributed by atoms with Crippen LogP contribution in [0.2, 0.25) is 0 Å². The molecule has 0 saturated heterocycles. The van der Waals surface area contributed by atoms with Crippen molar-refractivity contribution in [2.24, 2.45) is 28.6 Å². The molecule has 0 bridgehead atoms. The average Bonchev–Trinajstić information content (AvgIpc) is 3.09. The lowest BCUT2D eigenvalue weighted by atomic mass is 9.46. The Morgan fingerprint density at radius 1 is 1.22 bits per heavy atom. The van der Waals surface area contributed by atoms with Gasteiger partial charge in [-0.05, 0) is 93.1 Å². The fourth-order valence-electron chi connectivity index (χ4n) is 7.83. The average molecular weight is 438 g/mol. The predicted octanol–water partition coefficient (Wildman–Crippen LogP) is 4.99. The second-order valence-corrected chi connectivity index (χ2v) is 11.0. The maximum atomic E-state index is 12.1. The Morgan fingerprint density at radius 3 is 2.75 bits per heavy atom. The van der Waals surface area contributed by atoms with E-state index in [1.807, 2.05) is 6.08 Å². The molecule has 0 radical (unpaired) electrons. The second kappa shape index (κ2) is 8.82. The summed E-state index contributed by atoms with van der Waals surface area (Å²) < 4.78 is 6.55. The van der Waals surface area contributed by atoms with Crippen LogP contribution >= 0.6 is 0 Å². The van der Waals surface area contributed by atoms with E-state index in [4.69, 9.17) is 11.2 Å². The highest BCUT2D eigenvalue weighted by Gasteiger charge is 2.64. The van der Waals surface area contributed by atoms with Crippen molar-refractivity contribution in [2.45, 2.75) is 83.7 Å². The summed E-state index contributed by atoms with van der Waals surface area (Å²) >= 11 is 0. The zero-order chi connectivity index (χ0) is 23.0. The fourth-order valence-corrected chi connectivity index (χ4v) is 7.83. The first-order chi connectivity index (χ1) is 15.3. The van der Waals surface area contributed by atoms with Gasteiger partial charge in [0.1, 0.15) is 5.60 Å². The molecule has 0 aliphatic heterocycles. The molecule has 32 heavy (non-hydrogen) atoms. The summed E-state index contributed by atoms with van der Waals surface area (Å²) in [5, 5.41) is 2.82. The van der Waals surface area contributed by atoms with E-state index in [1.165, 1.54) is 24.5 Å². The Morgan fingerprint density at radius 2 is 2.00 bits per heavy atom. The number of terminal acetylenes is 1. The normalized spacial score (nSPS) is 40.3. The van der Waals surface area contributed by atoms with Gasteiger partial charge in [0.15, 0.2) is 5.78 Å². The number of fused-ring (bicyclic) bond motifs is 5. The summed E-state index contributed by atoms with van der Waals surface area (Å²) in [6, 6.07) is 0. The van der Waals surface area contributed by atoms with Gasteiger partial charge in [-0.2, -0.15) is 0 Å². The van der Waals surface area contributed by atoms with E-state index < -0.39 is 5.60 Å². The highest BCUT2D eigenvalue weighted by Crippen LogP contribution is 2.68. The van der Waals surface area contributed by atoms with Gasteiger partial charge in [-0.3, -0.25) is 9.59 Å². The molecule has 6 atom stereocenters. The monoisotopic (exact) mass is 437 g/mol. The van der Waals surface area contributed by atoms with Gasteiger partial charge in [-0.15, -0.1) is 6.42 Å². The standard InChI is InChI=1S/C28H39NO3/c1-5-25(31)29-17-7-8-18-32-28(6-2)16-13-24-22-10-9-20-19-21(30)11-14-26(20,3)23(22)12-15-27(24,28)4/h2,5,19,22-24H,1,7-18H2,3-4H3,(H,29,31)/t22-,23+,24+,26+,27+,28?/m1/s1. The molecule has 1 unspecified atom stereocenters. The zero-order valence-electron chi connectivity index (χ0n) is 19.9. The zero-order valence-corrected chi connectivity index (χ0v) is 19.9. The van der Waals surface area contributed by atoms with Gasteiger partial charge in [0.2, 0.25) is 5.91 Å². The molecule has 1 amide bonds. The molecule has 0 aromatic heterocycles. The van der Waals surface area contributed by atoms with Crippen LogP contribution in [0.4, 0.5) is 0 Å². The van der Waals surface area contributed by atoms with Crippen LogP contribution in [-0.4, -0.2) is 30.4 Å². The molecule has 0 aromatic carbocycles. The van der Waals surface area contributed by atoms with E-state index >= 15 is 0 Å². The summed E-state index contributed by atoms with van der Waals surface area (Å²) in [6.45, 7) is 9.57. The molecule has 3 saturated carbocycles. The summed E-state index contributed by atoms with van der Waals surface area (Å²) in [7, 11) is 0. The van der Waals surface area contributed by atoms with Gasteiger partial charge in [0.05, 0.1) is 0 Å². The molecule has 0 spiro atoms. The molecular formula is C28H39NO3. The Bertz CT molecular complexity index is 853. The highest BCUT2D eigenvalue weighted by atomic mass is 16.5. The van der Waals surface area contributed by atoms with Crippen LogP contribution in [0.1, 0.15) is 78.1 Å². The number of rotatable bonds is 7. The topological polar surface area (TPSA) is 55.4 Å². The third-order valence-electron chi connectivity index (χ3n) is 9.72. The first kappa shape index (κ1) is 23.3. The molecule has 174 valence electrons. The molecule has 4 aliphatic rings. The van der Waals surface area contributed by atoms with Crippen molar-refractivity contribution in [3.63, 3.8) is 0 Å². The van der Waals surface area contributed by atoms with Crippen molar-refractivity contribution >= 4 is 11.7 Å². The Hall–Kier alpha value is -1.86. The first-order valence-corrected chi connectivity index (χ1v) is 12.6. The summed E-state index contributed by atoms with van der Waals surface area (Å²) in [5.41, 5.74) is 1.14. The molecule has 1 N–H and O–H groups in total. The molecule has 4 heteroatoms. The van der Waals surface area contributed by atoms with Gasteiger partial charge in [-0.25, -0.2) is 0 Å². The third-order valence-corrected chi connectivity index (χ3v) is 9.72. The molecule has 3 fully saturated rings. The van der Waals surface area contributed by atoms with Gasteiger partial charge < -0.3 is 10.1 Å². The summed E-state index contributed by atoms with van der Waals surface area (Å²) in [5.74, 6) is 5.27. The predicted molar refractivity (Wildman–Crippen MR) is 127 cm³/mol. The molecular weight excluding hydrogens is 398 g/mol. The van der Waals surface area contributed by atoms with Crippen molar-refractivity contribution < 1.29 is 14.3 Å². The lowest BCUT2D eigenvalue weighted by Crippen LogP contribution is -2.55. The van der Waals surface area contributed by atoms with Crippen molar-refractivity contribution in [1.29, 1.82) is 0 Å². The number of hydrogen-bond acceptors (Lipinski definition) is 3. The van der Waals surface area contributed by atoms with Crippen molar-refractivity contribution in [3.8, 4) is 12.3 Å². The maximum absolute atomic E-state index is 12.1. The molecule has 4 aliphatic carbocycles. The van der Waals surface area contributed by atoms with Crippen molar-refractivity contribution in [2.75, 3.05) is 13.2 Å². The van der Waals surface area contributed by atoms with Crippen LogP contribution < -0.4 is 5.32 Å². The summed E-state index contributed by atoms with van der Waals surface area (Å²) in [4.78, 5) is 23.3. The number of hydrogen-bond donors (Lipinski definition) is 1. The minimum atomic E-state index is -0.480. The Labute approximate surface area is 193 Å². The molecule has 0 aromatic rings. The first-order valence-electron chi connectivity index (χ1n) is 12.6. The highest BCUT2D eigenvalue weighted by molar-refractivity contribution is 5.91. The molecule has 4 rings (SSSR count). The summed E-state index contributed by atoms with van der Waals surface area (Å²) in [6.07, 6.45) is 19.6. The van der Waals surface area contributed by atoms with Crippen LogP contribution in [0.15, 0.2) is 24.3 Å². The number of carbonyl (C=O) groups excluding carboxylic acids is 2. The van der Waals surface area contributed by atoms with E-state index in [2.05, 4.69) is 31.7 Å². The lowest BCUT2D eigenvalue weighted by Gasteiger charge is -2.59. The fraction of sp³-hybridized carbons (Fsp3) is 0.714. The number of ether oxygens (including phenoxy) is 1. The Balaban J connectivity index is 1.43. The van der Waals surface area contributed by atoms with Gasteiger partial charge in [-0.1, -0.05) is 31.9 Å². The minimum absolute atomic E-state index is 0.0159. The van der Waals surface area contributed by atoms with E-state index in [0.717, 1.165) is 44.9 Å². The van der Waals surface area contributed by atoms with E-state index in [9.17, 15) is 9.59 Å². The number of unbranched alkanes of at least 4 members (excludes halogenated alkanes) is 1. The number of allylic oxidation sites excluding steroid dienone is 1. The lowest BCUT2D eigenvalue weighted by molar-refractivity contribution is -0.131. The molecule has 0 heterocycles. The van der Waals surface area contributed by atoms with Gasteiger partial charge >= 0.3 is 0 Å². The minimum Gasteiger partial charge on any atom is -0.362 e. The quantitative estimate of drug-likeness (QED) is 0.347. The number of ketones is 1. The van der Waals surface area contributed by atoms with Gasteiger partial charge in [0, 0.05) is 25.0 Å². The van der Waals surface area contributed by atoms with Gasteiger partial charge in [0.25, 0.3) is 0 Å². The van der Waals surface area contributed by atoms with Crippen LogP contribution in [0, 0.1) is 40.9 Å². The van der Waals surface area contributed by atoms with E-state index in [1.54, 1.807) is 0 Å². The number of carbonyl (C=O) groups is 2. The van der Waals surface area contributed by atoms with Crippen LogP contribution in [-0.2, 0) is 14.3 Å². The van der Waals surface area contributed by atoms with Crippen molar-refractivity contribution in [3.05, 3.63) is 24.3 Å². The van der Waals surface area contributed by atoms with Crippen LogP contribution in [0.5, 0.6) is 0 Å². The van der Waals surface area contributed by atoms with Crippen LogP contribution in [0.3, 0.4) is 0 Å². The Kier molecular flexibility index (Phi) is 6.43. The van der Waals surface area contributed by atoms with Crippen molar-refractivity contribution in [1.82, 2.24) is 5.32 Å². The third kappa shape index (κ3) is 3.67. The SMILES string of the molecule is C#CC1(OCCCCNC(=O)C=C)CC[C@H]2[C@@H]3CCC4=CC(=O)CC[C@]4(C)[C@H]3CC[C@@]21C. The number of nitrogens with one attached hydrogen (secondary N) is 1. The maximum Gasteiger partial charge on any atom is 0.243 e. The smallest absolute Gasteiger partial charge is 0.243 e. The molecule has 4 nitrogen and oxygen atoms in total. The number of amides is 1. The van der Waals surface area contributed by atoms with E-state index in [-0.39, 0.29) is 16.7 Å².